The van der Waals surface area contributed by atoms with Gasteiger partial charge in [-0.3, -0.25) is 0 Å². The Morgan fingerprint density at radius 2 is 1.67 bits per heavy atom. The first-order chi connectivity index (χ1) is 16.1. The van der Waals surface area contributed by atoms with Gasteiger partial charge in [-0.1, -0.05) is 60.7 Å². The van der Waals surface area contributed by atoms with Crippen LogP contribution in [0.2, 0.25) is 0 Å². The van der Waals surface area contributed by atoms with Crippen LogP contribution < -0.4 is 10.1 Å². The lowest BCUT2D eigenvalue weighted by Gasteiger charge is -2.14. The maximum atomic E-state index is 12.2. The zero-order valence-electron chi connectivity index (χ0n) is 18.3. The van der Waals surface area contributed by atoms with Crippen LogP contribution >= 0.6 is 0 Å². The van der Waals surface area contributed by atoms with E-state index in [0.717, 1.165) is 0 Å². The van der Waals surface area contributed by atoms with Crippen molar-refractivity contribution in [1.82, 2.24) is 5.32 Å². The fourth-order valence-corrected chi connectivity index (χ4v) is 4.12. The van der Waals surface area contributed by atoms with E-state index in [0.29, 0.717) is 24.3 Å². The van der Waals surface area contributed by atoms with Crippen molar-refractivity contribution >= 4 is 18.1 Å². The number of nitrogens with one attached hydrogen (secondary N) is 1. The largest absolute Gasteiger partial charge is 0.497 e. The summed E-state index contributed by atoms with van der Waals surface area (Å²) in [6, 6.07) is 21.2. The molecule has 0 fully saturated rings. The second-order valence-corrected chi connectivity index (χ2v) is 7.70. The van der Waals surface area contributed by atoms with E-state index in [1.54, 1.807) is 18.2 Å². The van der Waals surface area contributed by atoms with Crippen LogP contribution in [0.15, 0.2) is 72.8 Å². The third-order valence-corrected chi connectivity index (χ3v) is 5.71. The van der Waals surface area contributed by atoms with Gasteiger partial charge in [0.05, 0.1) is 12.7 Å². The van der Waals surface area contributed by atoms with Crippen molar-refractivity contribution in [2.75, 3.05) is 20.3 Å². The molecule has 4 rings (SSSR count). The van der Waals surface area contributed by atoms with E-state index in [1.165, 1.54) is 35.4 Å². The number of benzene rings is 3. The number of hydrogen-bond donors (Lipinski definition) is 2. The van der Waals surface area contributed by atoms with E-state index < -0.39 is 12.1 Å². The molecule has 0 unspecified atom stereocenters. The van der Waals surface area contributed by atoms with E-state index >= 15 is 0 Å². The molecule has 1 aliphatic rings. The first-order valence-corrected chi connectivity index (χ1v) is 10.7. The van der Waals surface area contributed by atoms with Crippen molar-refractivity contribution in [3.05, 3.63) is 95.1 Å². The molecule has 0 aliphatic heterocycles. The second kappa shape index (κ2) is 10.0. The van der Waals surface area contributed by atoms with Crippen LogP contribution in [-0.2, 0) is 4.74 Å². The highest BCUT2D eigenvalue weighted by molar-refractivity contribution is 5.92. The van der Waals surface area contributed by atoms with Crippen LogP contribution in [0.1, 0.15) is 39.4 Å². The second-order valence-electron chi connectivity index (χ2n) is 7.70. The number of carbonyl (C=O) groups excluding carboxylic acids is 1. The van der Waals surface area contributed by atoms with Crippen molar-refractivity contribution in [2.45, 2.75) is 12.3 Å². The van der Waals surface area contributed by atoms with Gasteiger partial charge in [-0.2, -0.15) is 0 Å². The molecular formula is C27H25NO5. The van der Waals surface area contributed by atoms with Gasteiger partial charge in [-0.15, -0.1) is 0 Å². The predicted molar refractivity (Wildman–Crippen MR) is 127 cm³/mol. The first-order valence-electron chi connectivity index (χ1n) is 10.7. The fraction of sp³-hybridized carbons (Fsp3) is 0.185. The molecule has 0 spiro atoms. The summed E-state index contributed by atoms with van der Waals surface area (Å²) in [7, 11) is 1.53. The van der Waals surface area contributed by atoms with Crippen molar-refractivity contribution in [1.29, 1.82) is 0 Å². The summed E-state index contributed by atoms with van der Waals surface area (Å²) < 4.78 is 10.7. The average molecular weight is 443 g/mol. The quantitative estimate of drug-likeness (QED) is 0.460. The molecule has 6 heteroatoms. The van der Waals surface area contributed by atoms with Gasteiger partial charge in [0.2, 0.25) is 0 Å². The Kier molecular flexibility index (Phi) is 6.74. The Labute approximate surface area is 192 Å². The Hall–Kier alpha value is -4.06. The highest BCUT2D eigenvalue weighted by atomic mass is 16.5. The van der Waals surface area contributed by atoms with Crippen molar-refractivity contribution in [2.24, 2.45) is 0 Å². The number of fused-ring (bicyclic) bond motifs is 3. The molecule has 2 N–H and O–H groups in total. The van der Waals surface area contributed by atoms with E-state index in [2.05, 4.69) is 29.6 Å². The van der Waals surface area contributed by atoms with Gasteiger partial charge in [0, 0.05) is 12.5 Å². The number of rotatable bonds is 8. The Bertz CT molecular complexity index is 1160. The molecule has 1 aliphatic carbocycles. The first kappa shape index (κ1) is 22.1. The van der Waals surface area contributed by atoms with E-state index in [1.807, 2.05) is 30.3 Å². The normalized spacial score (nSPS) is 12.3. The maximum absolute atomic E-state index is 12.2. The summed E-state index contributed by atoms with van der Waals surface area (Å²) in [4.78, 5) is 23.6. The van der Waals surface area contributed by atoms with Crippen molar-refractivity contribution in [3.8, 4) is 16.9 Å². The van der Waals surface area contributed by atoms with Gasteiger partial charge in [-0.05, 0) is 52.4 Å². The summed E-state index contributed by atoms with van der Waals surface area (Å²) in [6.07, 6.45) is 3.58. The topological polar surface area (TPSA) is 84.9 Å². The minimum Gasteiger partial charge on any atom is -0.497 e. The van der Waals surface area contributed by atoms with E-state index in [9.17, 15) is 14.7 Å². The molecule has 0 bridgehead atoms. The molecule has 0 atom stereocenters. The fourth-order valence-electron chi connectivity index (χ4n) is 4.12. The van der Waals surface area contributed by atoms with Crippen LogP contribution in [-0.4, -0.2) is 37.4 Å². The Balaban J connectivity index is 1.30. The number of carbonyl (C=O) groups is 2. The zero-order chi connectivity index (χ0) is 23.2. The summed E-state index contributed by atoms with van der Waals surface area (Å²) in [5.74, 6) is -0.406. The molecule has 0 aromatic heterocycles. The highest BCUT2D eigenvalue weighted by Crippen LogP contribution is 2.44. The lowest BCUT2D eigenvalue weighted by atomic mass is 9.98. The molecule has 3 aromatic rings. The number of hydrogen-bond acceptors (Lipinski definition) is 4. The molecule has 0 heterocycles. The monoisotopic (exact) mass is 443 g/mol. The highest BCUT2D eigenvalue weighted by Gasteiger charge is 2.28. The van der Waals surface area contributed by atoms with Gasteiger partial charge < -0.3 is 19.9 Å². The van der Waals surface area contributed by atoms with Gasteiger partial charge in [0.25, 0.3) is 0 Å². The molecular weight excluding hydrogens is 418 g/mol. The molecule has 1 amide bonds. The van der Waals surface area contributed by atoms with Gasteiger partial charge >= 0.3 is 12.1 Å². The van der Waals surface area contributed by atoms with Gasteiger partial charge in [0.15, 0.2) is 0 Å². The Morgan fingerprint density at radius 1 is 1.00 bits per heavy atom. The smallest absolute Gasteiger partial charge is 0.407 e. The molecule has 168 valence electrons. The minimum atomic E-state index is -1.01. The molecule has 0 saturated heterocycles. The summed E-state index contributed by atoms with van der Waals surface area (Å²) >= 11 is 0. The molecule has 6 nitrogen and oxygen atoms in total. The number of aromatic carboxylic acids is 1. The van der Waals surface area contributed by atoms with Crippen LogP contribution in [0.25, 0.3) is 17.2 Å². The van der Waals surface area contributed by atoms with Crippen LogP contribution in [0.4, 0.5) is 4.79 Å². The van der Waals surface area contributed by atoms with Crippen molar-refractivity contribution in [3.63, 3.8) is 0 Å². The van der Waals surface area contributed by atoms with E-state index in [-0.39, 0.29) is 18.1 Å². The van der Waals surface area contributed by atoms with Crippen LogP contribution in [0.5, 0.6) is 5.75 Å². The number of alkyl carbamates (subject to hydrolysis) is 1. The lowest BCUT2D eigenvalue weighted by Crippen LogP contribution is -2.26. The van der Waals surface area contributed by atoms with Crippen LogP contribution in [0, 0.1) is 0 Å². The molecule has 3 aromatic carbocycles. The third-order valence-electron chi connectivity index (χ3n) is 5.71. The summed E-state index contributed by atoms with van der Waals surface area (Å²) in [6.45, 7) is 0.640. The Morgan fingerprint density at radius 3 is 2.30 bits per heavy atom. The maximum Gasteiger partial charge on any atom is 0.407 e. The number of methoxy groups -OCH3 is 1. The summed E-state index contributed by atoms with van der Waals surface area (Å²) in [5, 5.41) is 12.1. The number of amides is 1. The molecule has 0 saturated carbocycles. The molecule has 0 radical (unpaired) electrons. The third kappa shape index (κ3) is 4.90. The SMILES string of the molecule is COc1ccc(C(=O)O)c(C=CCCNC(=O)OCC2c3ccccc3-c3ccccc32)c1. The molecule has 33 heavy (non-hydrogen) atoms. The minimum absolute atomic E-state index is 0.0190. The average Bonchev–Trinajstić information content (AvgIpc) is 3.16. The number of ether oxygens (including phenoxy) is 2. The lowest BCUT2D eigenvalue weighted by molar-refractivity contribution is 0.0696. The van der Waals surface area contributed by atoms with Gasteiger partial charge in [0.1, 0.15) is 12.4 Å². The predicted octanol–water partition coefficient (Wildman–Crippen LogP) is 5.34. The number of carboxylic acids is 1. The van der Waals surface area contributed by atoms with Gasteiger partial charge in [-0.25, -0.2) is 9.59 Å². The van der Waals surface area contributed by atoms with Crippen molar-refractivity contribution < 1.29 is 24.2 Å². The zero-order valence-corrected chi connectivity index (χ0v) is 18.3. The van der Waals surface area contributed by atoms with E-state index in [4.69, 9.17) is 9.47 Å². The summed E-state index contributed by atoms with van der Waals surface area (Å²) in [5.41, 5.74) is 5.44. The van der Waals surface area contributed by atoms with Crippen LogP contribution in [0.3, 0.4) is 0 Å². The standard InChI is InChI=1S/C27H25NO5/c1-32-19-13-14-20(26(29)30)18(16-19)8-6-7-15-28-27(31)33-17-25-23-11-4-2-9-21(23)22-10-3-5-12-24(22)25/h2-6,8-14,16,25H,7,15,17H2,1H3,(H,28,31)(H,29,30). The number of carboxylic acid groups (broad SMARTS) is 1.